The van der Waals surface area contributed by atoms with Crippen LogP contribution in [-0.2, 0) is 6.61 Å². The summed E-state index contributed by atoms with van der Waals surface area (Å²) in [5, 5.41) is 13.1. The Morgan fingerprint density at radius 2 is 1.96 bits per heavy atom. The molecule has 6 heteroatoms. The first-order chi connectivity index (χ1) is 12.7. The molecule has 0 aliphatic heterocycles. The maximum atomic E-state index is 12.4. The summed E-state index contributed by atoms with van der Waals surface area (Å²) in [4.78, 5) is 14.0. The van der Waals surface area contributed by atoms with Crippen molar-refractivity contribution in [3.05, 3.63) is 74.1 Å². The van der Waals surface area contributed by atoms with Gasteiger partial charge in [0.15, 0.2) is 11.5 Å². The van der Waals surface area contributed by atoms with E-state index in [0.29, 0.717) is 28.5 Å². The minimum absolute atomic E-state index is 0.0850. The van der Waals surface area contributed by atoms with E-state index < -0.39 is 0 Å². The number of nitriles is 1. The molecule has 1 aromatic carbocycles. The molecule has 0 radical (unpaired) electrons. The Hall–Kier alpha value is -2.88. The predicted octanol–water partition coefficient (Wildman–Crippen LogP) is 5.19. The van der Waals surface area contributed by atoms with Crippen LogP contribution in [0.2, 0.25) is 0 Å². The van der Waals surface area contributed by atoms with Gasteiger partial charge in [-0.05, 0) is 46.7 Å². The lowest BCUT2D eigenvalue weighted by atomic mass is 10.1. The molecule has 0 atom stereocenters. The lowest BCUT2D eigenvalue weighted by Crippen LogP contribution is -1.99. The van der Waals surface area contributed by atoms with E-state index >= 15 is 0 Å². The molecular weight excluding hydrogens is 366 g/mol. The zero-order chi connectivity index (χ0) is 18.4. The fourth-order valence-corrected chi connectivity index (χ4v) is 3.59. The van der Waals surface area contributed by atoms with Gasteiger partial charge in [-0.25, -0.2) is 0 Å². The van der Waals surface area contributed by atoms with Crippen molar-refractivity contribution in [2.24, 2.45) is 0 Å². The quantitative estimate of drug-likeness (QED) is 0.321. The van der Waals surface area contributed by atoms with E-state index in [-0.39, 0.29) is 11.4 Å². The Kier molecular flexibility index (Phi) is 5.84. The van der Waals surface area contributed by atoms with E-state index in [1.165, 1.54) is 11.3 Å². The van der Waals surface area contributed by atoms with Crippen molar-refractivity contribution in [3.63, 3.8) is 0 Å². The monoisotopic (exact) mass is 381 g/mol. The fourth-order valence-electron chi connectivity index (χ4n) is 2.29. The summed E-state index contributed by atoms with van der Waals surface area (Å²) in [6, 6.07) is 14.8. The molecule has 3 rings (SSSR count). The van der Waals surface area contributed by atoms with Gasteiger partial charge in [0.25, 0.3) is 0 Å². The Balaban J connectivity index is 1.81. The zero-order valence-corrected chi connectivity index (χ0v) is 15.6. The van der Waals surface area contributed by atoms with Crippen LogP contribution in [0.1, 0.15) is 20.1 Å². The van der Waals surface area contributed by atoms with Crippen LogP contribution < -0.4 is 9.47 Å². The van der Waals surface area contributed by atoms with Gasteiger partial charge in [0.05, 0.1) is 12.0 Å². The highest BCUT2D eigenvalue weighted by molar-refractivity contribution is 7.12. The Labute approximate surface area is 159 Å². The van der Waals surface area contributed by atoms with Crippen LogP contribution in [0.5, 0.6) is 11.5 Å². The van der Waals surface area contributed by atoms with Crippen LogP contribution in [0.15, 0.2) is 58.8 Å². The SMILES string of the molecule is COc1cc(/C=C(\C#N)C(=O)c2cccs2)ccc1OCc1cccs1. The Morgan fingerprint density at radius 1 is 1.15 bits per heavy atom. The molecule has 4 nitrogen and oxygen atoms in total. The lowest BCUT2D eigenvalue weighted by Gasteiger charge is -2.10. The second-order valence-corrected chi connectivity index (χ2v) is 7.23. The summed E-state index contributed by atoms with van der Waals surface area (Å²) in [5.41, 5.74) is 0.786. The molecule has 0 bridgehead atoms. The zero-order valence-electron chi connectivity index (χ0n) is 14.0. The summed E-state index contributed by atoms with van der Waals surface area (Å²) in [7, 11) is 1.56. The number of thiophene rings is 2. The van der Waals surface area contributed by atoms with Crippen molar-refractivity contribution in [2.45, 2.75) is 6.61 Å². The topological polar surface area (TPSA) is 59.3 Å². The molecular formula is C20H15NO3S2. The van der Waals surface area contributed by atoms with Gasteiger partial charge in [0.1, 0.15) is 18.2 Å². The van der Waals surface area contributed by atoms with Crippen molar-refractivity contribution in [2.75, 3.05) is 7.11 Å². The summed E-state index contributed by atoms with van der Waals surface area (Å²) in [5.74, 6) is 0.886. The molecule has 3 aromatic rings. The first-order valence-electron chi connectivity index (χ1n) is 7.74. The van der Waals surface area contributed by atoms with E-state index in [0.717, 1.165) is 4.88 Å². The van der Waals surface area contributed by atoms with Gasteiger partial charge < -0.3 is 9.47 Å². The van der Waals surface area contributed by atoms with E-state index in [4.69, 9.17) is 9.47 Å². The molecule has 130 valence electrons. The number of hydrogen-bond acceptors (Lipinski definition) is 6. The molecule has 0 saturated carbocycles. The molecule has 26 heavy (non-hydrogen) atoms. The molecule has 0 aliphatic rings. The molecule has 0 aliphatic carbocycles. The van der Waals surface area contributed by atoms with Gasteiger partial charge >= 0.3 is 0 Å². The third-order valence-electron chi connectivity index (χ3n) is 3.56. The average Bonchev–Trinajstić information content (AvgIpc) is 3.38. The van der Waals surface area contributed by atoms with Gasteiger partial charge in [0.2, 0.25) is 5.78 Å². The van der Waals surface area contributed by atoms with Crippen LogP contribution in [0, 0.1) is 11.3 Å². The first kappa shape index (κ1) is 17.9. The number of ether oxygens (including phenoxy) is 2. The van der Waals surface area contributed by atoms with Gasteiger partial charge in [0, 0.05) is 4.88 Å². The number of nitrogens with zero attached hydrogens (tertiary/aromatic N) is 1. The predicted molar refractivity (Wildman–Crippen MR) is 104 cm³/mol. The third kappa shape index (κ3) is 4.20. The van der Waals surface area contributed by atoms with E-state index in [2.05, 4.69) is 0 Å². The summed E-state index contributed by atoms with van der Waals surface area (Å²) < 4.78 is 11.2. The van der Waals surface area contributed by atoms with Crippen molar-refractivity contribution in [1.29, 1.82) is 5.26 Å². The van der Waals surface area contributed by atoms with Crippen LogP contribution in [0.25, 0.3) is 6.08 Å². The molecule has 0 spiro atoms. The van der Waals surface area contributed by atoms with E-state index in [1.54, 1.807) is 54.9 Å². The number of carbonyl (C=O) groups is 1. The number of rotatable bonds is 7. The largest absolute Gasteiger partial charge is 0.493 e. The smallest absolute Gasteiger partial charge is 0.213 e. The molecule has 0 saturated heterocycles. The second-order valence-electron chi connectivity index (χ2n) is 5.25. The average molecular weight is 381 g/mol. The Bertz CT molecular complexity index is 952. The van der Waals surface area contributed by atoms with Gasteiger partial charge in [-0.2, -0.15) is 5.26 Å². The van der Waals surface area contributed by atoms with E-state index in [1.807, 2.05) is 29.0 Å². The number of allylic oxidation sites excluding steroid dienone is 1. The maximum absolute atomic E-state index is 12.4. The third-order valence-corrected chi connectivity index (χ3v) is 5.28. The van der Waals surface area contributed by atoms with Crippen LogP contribution in [-0.4, -0.2) is 12.9 Å². The number of methoxy groups -OCH3 is 1. The summed E-state index contributed by atoms with van der Waals surface area (Å²) in [6.45, 7) is 0.462. The maximum Gasteiger partial charge on any atom is 0.213 e. The van der Waals surface area contributed by atoms with Gasteiger partial charge in [-0.15, -0.1) is 22.7 Å². The van der Waals surface area contributed by atoms with E-state index in [9.17, 15) is 10.1 Å². The van der Waals surface area contributed by atoms with Crippen molar-refractivity contribution < 1.29 is 14.3 Å². The molecule has 0 N–H and O–H groups in total. The number of ketones is 1. The first-order valence-corrected chi connectivity index (χ1v) is 9.50. The number of carbonyl (C=O) groups excluding carboxylic acids is 1. The fraction of sp³-hybridized carbons (Fsp3) is 0.100. The molecule has 0 amide bonds. The minimum atomic E-state index is -0.278. The van der Waals surface area contributed by atoms with Gasteiger partial charge in [-0.3, -0.25) is 4.79 Å². The van der Waals surface area contributed by atoms with Crippen molar-refractivity contribution >= 4 is 34.5 Å². The Morgan fingerprint density at radius 3 is 2.62 bits per heavy atom. The number of benzene rings is 1. The lowest BCUT2D eigenvalue weighted by molar-refractivity contribution is 0.104. The molecule has 0 fully saturated rings. The molecule has 2 heterocycles. The van der Waals surface area contributed by atoms with Crippen molar-refractivity contribution in [1.82, 2.24) is 0 Å². The van der Waals surface area contributed by atoms with Crippen LogP contribution >= 0.6 is 22.7 Å². The standard InChI is InChI=1S/C20H15NO3S2/c1-23-18-11-14(6-7-17(18)24-13-16-4-2-8-25-16)10-15(12-21)20(22)19-5-3-9-26-19/h2-11H,13H2,1H3/b15-10+. The highest BCUT2D eigenvalue weighted by Gasteiger charge is 2.14. The summed E-state index contributed by atoms with van der Waals surface area (Å²) in [6.07, 6.45) is 1.56. The normalized spacial score (nSPS) is 11.0. The summed E-state index contributed by atoms with van der Waals surface area (Å²) >= 11 is 2.94. The van der Waals surface area contributed by atoms with Crippen LogP contribution in [0.4, 0.5) is 0 Å². The second kappa shape index (κ2) is 8.48. The van der Waals surface area contributed by atoms with Crippen LogP contribution in [0.3, 0.4) is 0 Å². The molecule has 2 aromatic heterocycles. The highest BCUT2D eigenvalue weighted by atomic mass is 32.1. The highest BCUT2D eigenvalue weighted by Crippen LogP contribution is 2.30. The van der Waals surface area contributed by atoms with Gasteiger partial charge in [-0.1, -0.05) is 18.2 Å². The molecule has 0 unspecified atom stereocenters. The number of hydrogen-bond donors (Lipinski definition) is 0. The van der Waals surface area contributed by atoms with Crippen molar-refractivity contribution in [3.8, 4) is 17.6 Å². The minimum Gasteiger partial charge on any atom is -0.493 e. The number of Topliss-reactive ketones (excluding diaryl/α,β-unsaturated/α-hetero) is 1.